The van der Waals surface area contributed by atoms with Crippen molar-refractivity contribution < 1.29 is 5.11 Å². The first kappa shape index (κ1) is 13.5. The van der Waals surface area contributed by atoms with E-state index in [1.165, 1.54) is 12.0 Å². The van der Waals surface area contributed by atoms with Crippen molar-refractivity contribution in [2.45, 2.75) is 19.4 Å². The number of hydrogen-bond acceptors (Lipinski definition) is 3. The van der Waals surface area contributed by atoms with E-state index in [0.717, 1.165) is 31.6 Å². The standard InChI is InChI=1S/C14H20N2OS/c15-14(18)13-5-1-3-11(7-13)8-16-6-2-4-12(9-16)10-17/h1,3,5,7,12,17H,2,4,6,8-10H2,(H2,15,18). The quantitative estimate of drug-likeness (QED) is 0.810. The van der Waals surface area contributed by atoms with E-state index in [1.807, 2.05) is 12.1 Å². The Morgan fingerprint density at radius 2 is 2.33 bits per heavy atom. The molecule has 2 rings (SSSR count). The summed E-state index contributed by atoms with van der Waals surface area (Å²) in [6.07, 6.45) is 2.31. The number of nitrogens with two attached hydrogens (primary N) is 1. The zero-order valence-corrected chi connectivity index (χ0v) is 11.3. The first-order valence-corrected chi connectivity index (χ1v) is 6.82. The maximum atomic E-state index is 9.23. The second-order valence-corrected chi connectivity index (χ2v) is 5.43. The van der Waals surface area contributed by atoms with Gasteiger partial charge in [0.25, 0.3) is 0 Å². The Balaban J connectivity index is 2.00. The van der Waals surface area contributed by atoms with Crippen LogP contribution in [0, 0.1) is 5.92 Å². The number of aliphatic hydroxyl groups is 1. The van der Waals surface area contributed by atoms with Gasteiger partial charge in [-0.25, -0.2) is 0 Å². The average Bonchev–Trinajstić information content (AvgIpc) is 2.39. The van der Waals surface area contributed by atoms with Crippen LogP contribution in [0.25, 0.3) is 0 Å². The summed E-state index contributed by atoms with van der Waals surface area (Å²) in [6, 6.07) is 8.10. The molecule has 0 radical (unpaired) electrons. The van der Waals surface area contributed by atoms with E-state index in [0.29, 0.717) is 17.5 Å². The molecule has 0 saturated carbocycles. The molecule has 0 aliphatic carbocycles. The minimum absolute atomic E-state index is 0.295. The number of thiocarbonyl (C=S) groups is 1. The van der Waals surface area contributed by atoms with Gasteiger partial charge in [0.2, 0.25) is 0 Å². The van der Waals surface area contributed by atoms with Gasteiger partial charge in [0.1, 0.15) is 4.99 Å². The number of likely N-dealkylation sites (tertiary alicyclic amines) is 1. The van der Waals surface area contributed by atoms with Crippen LogP contribution >= 0.6 is 12.2 Å². The van der Waals surface area contributed by atoms with Gasteiger partial charge in [-0.1, -0.05) is 30.4 Å². The highest BCUT2D eigenvalue weighted by Gasteiger charge is 2.19. The van der Waals surface area contributed by atoms with Gasteiger partial charge in [-0.2, -0.15) is 0 Å². The van der Waals surface area contributed by atoms with Crippen LogP contribution in [0.3, 0.4) is 0 Å². The van der Waals surface area contributed by atoms with Crippen LogP contribution in [0.5, 0.6) is 0 Å². The van der Waals surface area contributed by atoms with Crippen LogP contribution in [-0.4, -0.2) is 34.7 Å². The summed E-state index contributed by atoms with van der Waals surface area (Å²) >= 11 is 4.99. The zero-order chi connectivity index (χ0) is 13.0. The van der Waals surface area contributed by atoms with E-state index < -0.39 is 0 Å². The molecule has 0 amide bonds. The number of rotatable bonds is 4. The Hall–Kier alpha value is -0.970. The van der Waals surface area contributed by atoms with Crippen molar-refractivity contribution in [1.82, 2.24) is 4.90 Å². The molecule has 1 aromatic carbocycles. The number of benzene rings is 1. The third kappa shape index (κ3) is 3.51. The monoisotopic (exact) mass is 264 g/mol. The summed E-state index contributed by atoms with van der Waals surface area (Å²) in [5.74, 6) is 0.428. The van der Waals surface area contributed by atoms with Crippen molar-refractivity contribution in [2.75, 3.05) is 19.7 Å². The Labute approximate surface area is 114 Å². The number of piperidine rings is 1. The summed E-state index contributed by atoms with van der Waals surface area (Å²) in [5.41, 5.74) is 7.81. The predicted molar refractivity (Wildman–Crippen MR) is 77.4 cm³/mol. The normalized spacial score (nSPS) is 20.8. The maximum Gasteiger partial charge on any atom is 0.103 e. The van der Waals surface area contributed by atoms with Gasteiger partial charge in [-0.05, 0) is 36.9 Å². The van der Waals surface area contributed by atoms with Crippen molar-refractivity contribution in [3.8, 4) is 0 Å². The van der Waals surface area contributed by atoms with E-state index in [4.69, 9.17) is 18.0 Å². The summed E-state index contributed by atoms with van der Waals surface area (Å²) in [6.45, 7) is 3.29. The molecular weight excluding hydrogens is 244 g/mol. The van der Waals surface area contributed by atoms with Crippen LogP contribution in [0.4, 0.5) is 0 Å². The fourth-order valence-corrected chi connectivity index (χ4v) is 2.65. The van der Waals surface area contributed by atoms with Crippen molar-refractivity contribution >= 4 is 17.2 Å². The highest BCUT2D eigenvalue weighted by Crippen LogP contribution is 2.18. The summed E-state index contributed by atoms with van der Waals surface area (Å²) in [7, 11) is 0. The smallest absolute Gasteiger partial charge is 0.103 e. The van der Waals surface area contributed by atoms with Gasteiger partial charge in [0.05, 0.1) is 0 Å². The van der Waals surface area contributed by atoms with Gasteiger partial charge in [-0.15, -0.1) is 0 Å². The number of hydrogen-bond donors (Lipinski definition) is 2. The maximum absolute atomic E-state index is 9.23. The van der Waals surface area contributed by atoms with Gasteiger partial charge in [0.15, 0.2) is 0 Å². The first-order chi connectivity index (χ1) is 8.69. The van der Waals surface area contributed by atoms with Gasteiger partial charge in [0, 0.05) is 25.3 Å². The summed E-state index contributed by atoms with van der Waals surface area (Å²) in [5, 5.41) is 9.23. The Bertz CT molecular complexity index is 422. The van der Waals surface area contributed by atoms with Gasteiger partial charge >= 0.3 is 0 Å². The largest absolute Gasteiger partial charge is 0.396 e. The van der Waals surface area contributed by atoms with Crippen LogP contribution in [0.2, 0.25) is 0 Å². The lowest BCUT2D eigenvalue weighted by Crippen LogP contribution is -2.36. The molecule has 1 fully saturated rings. The Kier molecular flexibility index (Phi) is 4.69. The fourth-order valence-electron chi connectivity index (χ4n) is 2.53. The third-order valence-electron chi connectivity index (χ3n) is 3.48. The highest BCUT2D eigenvalue weighted by atomic mass is 32.1. The minimum atomic E-state index is 0.295. The average molecular weight is 264 g/mol. The van der Waals surface area contributed by atoms with Crippen LogP contribution in [0.15, 0.2) is 24.3 Å². The van der Waals surface area contributed by atoms with Gasteiger partial charge < -0.3 is 10.8 Å². The predicted octanol–water partition coefficient (Wildman–Crippen LogP) is 1.53. The van der Waals surface area contributed by atoms with E-state index in [-0.39, 0.29) is 0 Å². The molecule has 18 heavy (non-hydrogen) atoms. The number of aliphatic hydroxyl groups excluding tert-OH is 1. The third-order valence-corrected chi connectivity index (χ3v) is 3.71. The number of nitrogens with zero attached hydrogens (tertiary/aromatic N) is 1. The van der Waals surface area contributed by atoms with E-state index in [1.54, 1.807) is 0 Å². The lowest BCUT2D eigenvalue weighted by molar-refractivity contribution is 0.116. The molecule has 1 aromatic rings. The topological polar surface area (TPSA) is 49.5 Å². The van der Waals surface area contributed by atoms with Gasteiger partial charge in [-0.3, -0.25) is 4.90 Å². The minimum Gasteiger partial charge on any atom is -0.396 e. The van der Waals surface area contributed by atoms with E-state index >= 15 is 0 Å². The molecule has 1 unspecified atom stereocenters. The summed E-state index contributed by atoms with van der Waals surface area (Å²) in [4.78, 5) is 2.84. The molecule has 1 aliphatic heterocycles. The van der Waals surface area contributed by atoms with Crippen LogP contribution in [0.1, 0.15) is 24.0 Å². The molecule has 0 spiro atoms. The second kappa shape index (κ2) is 6.27. The van der Waals surface area contributed by atoms with Crippen molar-refractivity contribution in [3.63, 3.8) is 0 Å². The van der Waals surface area contributed by atoms with Crippen molar-refractivity contribution in [2.24, 2.45) is 11.7 Å². The molecule has 1 saturated heterocycles. The van der Waals surface area contributed by atoms with Crippen molar-refractivity contribution in [3.05, 3.63) is 35.4 Å². The molecule has 3 N–H and O–H groups in total. The Morgan fingerprint density at radius 3 is 3.06 bits per heavy atom. The second-order valence-electron chi connectivity index (χ2n) is 4.99. The van der Waals surface area contributed by atoms with E-state index in [9.17, 15) is 5.11 Å². The molecule has 98 valence electrons. The summed E-state index contributed by atoms with van der Waals surface area (Å²) < 4.78 is 0. The van der Waals surface area contributed by atoms with Crippen LogP contribution in [-0.2, 0) is 6.54 Å². The van der Waals surface area contributed by atoms with Crippen molar-refractivity contribution in [1.29, 1.82) is 0 Å². The van der Waals surface area contributed by atoms with Crippen LogP contribution < -0.4 is 5.73 Å². The molecule has 4 heteroatoms. The fraction of sp³-hybridized carbons (Fsp3) is 0.500. The SMILES string of the molecule is NC(=S)c1cccc(CN2CCCC(CO)C2)c1. The molecular formula is C14H20N2OS. The lowest BCUT2D eigenvalue weighted by Gasteiger charge is -2.31. The highest BCUT2D eigenvalue weighted by molar-refractivity contribution is 7.80. The molecule has 0 aromatic heterocycles. The molecule has 3 nitrogen and oxygen atoms in total. The molecule has 1 atom stereocenters. The zero-order valence-electron chi connectivity index (χ0n) is 10.5. The van der Waals surface area contributed by atoms with E-state index in [2.05, 4.69) is 17.0 Å². The molecule has 0 bridgehead atoms. The lowest BCUT2D eigenvalue weighted by atomic mass is 9.98. The first-order valence-electron chi connectivity index (χ1n) is 6.41. The molecule has 1 aliphatic rings. The Morgan fingerprint density at radius 1 is 1.50 bits per heavy atom. The molecule has 1 heterocycles.